The molecule has 1 aromatic carbocycles. The van der Waals surface area contributed by atoms with Crippen molar-refractivity contribution in [1.82, 2.24) is 4.90 Å². The molecule has 0 bridgehead atoms. The first-order valence-corrected chi connectivity index (χ1v) is 6.72. The predicted octanol–water partition coefficient (Wildman–Crippen LogP) is 2.42. The first-order valence-electron chi connectivity index (χ1n) is 6.72. The highest BCUT2D eigenvalue weighted by Crippen LogP contribution is 2.19. The summed E-state index contributed by atoms with van der Waals surface area (Å²) in [4.78, 5) is 13.0. The molecule has 1 fully saturated rings. The lowest BCUT2D eigenvalue weighted by atomic mass is 10.1. The molecule has 1 atom stereocenters. The molecule has 0 amide bonds. The number of aliphatic carboxylic acids is 1. The van der Waals surface area contributed by atoms with Gasteiger partial charge in [0.05, 0.1) is 0 Å². The van der Waals surface area contributed by atoms with E-state index in [1.165, 1.54) is 5.56 Å². The van der Waals surface area contributed by atoms with Gasteiger partial charge in [0.25, 0.3) is 0 Å². The third-order valence-electron chi connectivity index (χ3n) is 3.62. The van der Waals surface area contributed by atoms with E-state index in [0.717, 1.165) is 38.9 Å². The number of hydrogen-bond acceptors (Lipinski definition) is 2. The summed E-state index contributed by atoms with van der Waals surface area (Å²) in [7, 11) is 0. The average Bonchev–Trinajstić information content (AvgIpc) is 2.77. The van der Waals surface area contributed by atoms with Crippen LogP contribution in [-0.4, -0.2) is 35.6 Å². The molecule has 0 aliphatic carbocycles. The van der Waals surface area contributed by atoms with Crippen LogP contribution in [0, 0.1) is 5.92 Å². The Kier molecular flexibility index (Phi) is 4.76. The highest BCUT2D eigenvalue weighted by molar-refractivity contribution is 5.67. The molecule has 2 rings (SSSR count). The Morgan fingerprint density at radius 2 is 2.11 bits per heavy atom. The maximum absolute atomic E-state index is 10.6. The van der Waals surface area contributed by atoms with Crippen LogP contribution >= 0.6 is 0 Å². The summed E-state index contributed by atoms with van der Waals surface area (Å²) >= 11 is 0. The van der Waals surface area contributed by atoms with E-state index in [2.05, 4.69) is 29.2 Å². The van der Waals surface area contributed by atoms with Crippen molar-refractivity contribution in [2.75, 3.05) is 19.6 Å². The van der Waals surface area contributed by atoms with Crippen LogP contribution < -0.4 is 0 Å². The fourth-order valence-electron chi connectivity index (χ4n) is 2.68. The topological polar surface area (TPSA) is 40.5 Å². The molecule has 98 valence electrons. The Morgan fingerprint density at radius 3 is 2.83 bits per heavy atom. The van der Waals surface area contributed by atoms with Crippen LogP contribution in [-0.2, 0) is 11.2 Å². The van der Waals surface area contributed by atoms with Crippen LogP contribution in [0.5, 0.6) is 0 Å². The van der Waals surface area contributed by atoms with E-state index in [1.807, 2.05) is 6.07 Å². The number of likely N-dealkylation sites (tertiary alicyclic amines) is 1. The molecule has 0 radical (unpaired) electrons. The van der Waals surface area contributed by atoms with Crippen molar-refractivity contribution >= 4 is 5.97 Å². The molecule has 3 heteroatoms. The maximum Gasteiger partial charge on any atom is 0.303 e. The molecule has 1 saturated heterocycles. The van der Waals surface area contributed by atoms with Crippen LogP contribution in [0.2, 0.25) is 0 Å². The van der Waals surface area contributed by atoms with Gasteiger partial charge >= 0.3 is 5.97 Å². The highest BCUT2D eigenvalue weighted by atomic mass is 16.4. The monoisotopic (exact) mass is 247 g/mol. The van der Waals surface area contributed by atoms with Gasteiger partial charge in [0, 0.05) is 13.0 Å². The normalized spacial score (nSPS) is 20.1. The first-order chi connectivity index (χ1) is 8.74. The van der Waals surface area contributed by atoms with Crippen LogP contribution in [0.3, 0.4) is 0 Å². The van der Waals surface area contributed by atoms with Gasteiger partial charge in [-0.2, -0.15) is 0 Å². The first kappa shape index (κ1) is 13.1. The molecule has 0 saturated carbocycles. The van der Waals surface area contributed by atoms with Gasteiger partial charge in [0.2, 0.25) is 0 Å². The Bertz CT molecular complexity index is 377. The summed E-state index contributed by atoms with van der Waals surface area (Å²) in [6.07, 6.45) is 3.64. The smallest absolute Gasteiger partial charge is 0.303 e. The number of carboxylic acids is 1. The molecule has 1 heterocycles. The summed E-state index contributed by atoms with van der Waals surface area (Å²) in [5.41, 5.74) is 1.39. The third-order valence-corrected chi connectivity index (χ3v) is 3.62. The van der Waals surface area contributed by atoms with Crippen LogP contribution in [0.15, 0.2) is 30.3 Å². The second-order valence-electron chi connectivity index (χ2n) is 5.14. The lowest BCUT2D eigenvalue weighted by molar-refractivity contribution is -0.138. The fourth-order valence-corrected chi connectivity index (χ4v) is 2.68. The zero-order valence-corrected chi connectivity index (χ0v) is 10.7. The van der Waals surface area contributed by atoms with Crippen molar-refractivity contribution in [3.05, 3.63) is 35.9 Å². The molecular formula is C15H21NO2. The minimum atomic E-state index is -0.661. The summed E-state index contributed by atoms with van der Waals surface area (Å²) in [6, 6.07) is 10.5. The van der Waals surface area contributed by atoms with Gasteiger partial charge < -0.3 is 10.0 Å². The van der Waals surface area contributed by atoms with E-state index in [9.17, 15) is 4.79 Å². The standard InChI is InChI=1S/C15H21NO2/c17-15(18)11-14-8-10-16(12-14)9-4-7-13-5-2-1-3-6-13/h1-3,5-6,14H,4,7-12H2,(H,17,18)/t14-/m1/s1. The number of carboxylic acid groups (broad SMARTS) is 1. The van der Waals surface area contributed by atoms with Gasteiger partial charge in [0.15, 0.2) is 0 Å². The summed E-state index contributed by atoms with van der Waals surface area (Å²) in [5.74, 6) is -0.301. The minimum absolute atomic E-state index is 0.329. The van der Waals surface area contributed by atoms with Gasteiger partial charge in [-0.15, -0.1) is 0 Å². The van der Waals surface area contributed by atoms with Crippen molar-refractivity contribution in [3.63, 3.8) is 0 Å². The van der Waals surface area contributed by atoms with Crippen molar-refractivity contribution in [3.8, 4) is 0 Å². The van der Waals surface area contributed by atoms with Crippen LogP contribution in [0.25, 0.3) is 0 Å². The lowest BCUT2D eigenvalue weighted by Crippen LogP contribution is -2.23. The van der Waals surface area contributed by atoms with E-state index in [-0.39, 0.29) is 0 Å². The number of rotatable bonds is 6. The Morgan fingerprint density at radius 1 is 1.33 bits per heavy atom. The van der Waals surface area contributed by atoms with Crippen molar-refractivity contribution in [2.24, 2.45) is 5.92 Å². The second kappa shape index (κ2) is 6.55. The largest absolute Gasteiger partial charge is 0.481 e. The molecule has 0 spiro atoms. The van der Waals surface area contributed by atoms with E-state index in [1.54, 1.807) is 0 Å². The van der Waals surface area contributed by atoms with E-state index >= 15 is 0 Å². The van der Waals surface area contributed by atoms with Gasteiger partial charge in [-0.3, -0.25) is 4.79 Å². The van der Waals surface area contributed by atoms with Crippen molar-refractivity contribution in [1.29, 1.82) is 0 Å². The lowest BCUT2D eigenvalue weighted by Gasteiger charge is -2.15. The molecule has 1 N–H and O–H groups in total. The molecular weight excluding hydrogens is 226 g/mol. The second-order valence-corrected chi connectivity index (χ2v) is 5.14. The number of hydrogen-bond donors (Lipinski definition) is 1. The van der Waals surface area contributed by atoms with Gasteiger partial charge in [0.1, 0.15) is 0 Å². The fraction of sp³-hybridized carbons (Fsp3) is 0.533. The predicted molar refractivity (Wildman–Crippen MR) is 71.6 cm³/mol. The molecule has 0 unspecified atom stereocenters. The van der Waals surface area contributed by atoms with E-state index in [0.29, 0.717) is 12.3 Å². The minimum Gasteiger partial charge on any atom is -0.481 e. The maximum atomic E-state index is 10.6. The molecule has 1 aliphatic rings. The molecule has 1 aromatic rings. The number of carbonyl (C=O) groups is 1. The summed E-state index contributed by atoms with van der Waals surface area (Å²) in [5, 5.41) is 8.77. The Balaban J connectivity index is 1.65. The molecule has 1 aliphatic heterocycles. The van der Waals surface area contributed by atoms with E-state index < -0.39 is 5.97 Å². The molecule has 0 aromatic heterocycles. The zero-order chi connectivity index (χ0) is 12.8. The van der Waals surface area contributed by atoms with Crippen LogP contribution in [0.4, 0.5) is 0 Å². The summed E-state index contributed by atoms with van der Waals surface area (Å²) < 4.78 is 0. The SMILES string of the molecule is O=C(O)C[C@H]1CCN(CCCc2ccccc2)C1. The number of nitrogens with zero attached hydrogens (tertiary/aromatic N) is 1. The average molecular weight is 247 g/mol. The van der Waals surface area contributed by atoms with Gasteiger partial charge in [-0.25, -0.2) is 0 Å². The van der Waals surface area contributed by atoms with Crippen LogP contribution in [0.1, 0.15) is 24.8 Å². The Labute approximate surface area is 108 Å². The third kappa shape index (κ3) is 4.15. The van der Waals surface area contributed by atoms with E-state index in [4.69, 9.17) is 5.11 Å². The molecule has 3 nitrogen and oxygen atoms in total. The zero-order valence-electron chi connectivity index (χ0n) is 10.7. The van der Waals surface area contributed by atoms with Gasteiger partial charge in [-0.1, -0.05) is 30.3 Å². The summed E-state index contributed by atoms with van der Waals surface area (Å²) in [6.45, 7) is 3.11. The number of benzene rings is 1. The highest BCUT2D eigenvalue weighted by Gasteiger charge is 2.23. The van der Waals surface area contributed by atoms with Crippen molar-refractivity contribution < 1.29 is 9.90 Å². The Hall–Kier alpha value is -1.35. The van der Waals surface area contributed by atoms with Crippen molar-refractivity contribution in [2.45, 2.75) is 25.7 Å². The quantitative estimate of drug-likeness (QED) is 0.839. The molecule has 18 heavy (non-hydrogen) atoms. The number of aryl methyl sites for hydroxylation is 1. The van der Waals surface area contributed by atoms with Gasteiger partial charge in [-0.05, 0) is 43.8 Å².